The molecule has 1 N–H and O–H groups in total. The number of halogens is 3. The number of carbonyl (C=O) groups excluding carboxylic acids is 2. The third-order valence-electron chi connectivity index (χ3n) is 7.63. The van der Waals surface area contributed by atoms with Crippen molar-refractivity contribution >= 4 is 17.5 Å². The highest BCUT2D eigenvalue weighted by molar-refractivity contribution is 5.96. The standard InChI is InChI=1S/C29H25F3N6O2/c30-29(31,32)21-6-8-23(9-7-21)38-25(20-10-14-33-15-11-20)18-24(35-38)26(39)36-16-12-28(13-17-36)27(40)34-19-37(28)22-4-2-1-3-5-22/h1-11,14-15,18H,12-13,16-17,19H2,(H,34,40). The summed E-state index contributed by atoms with van der Waals surface area (Å²) in [6.07, 6.45) is -0.367. The first-order valence-electron chi connectivity index (χ1n) is 12.8. The Morgan fingerprint density at radius 3 is 2.23 bits per heavy atom. The van der Waals surface area contributed by atoms with E-state index >= 15 is 0 Å². The van der Waals surface area contributed by atoms with Gasteiger partial charge in [-0.05, 0) is 67.4 Å². The highest BCUT2D eigenvalue weighted by atomic mass is 19.4. The lowest BCUT2D eigenvalue weighted by Crippen LogP contribution is -2.57. The van der Waals surface area contributed by atoms with Crippen molar-refractivity contribution in [2.45, 2.75) is 24.6 Å². The van der Waals surface area contributed by atoms with Gasteiger partial charge in [-0.2, -0.15) is 18.3 Å². The number of pyridine rings is 1. The molecule has 2 fully saturated rings. The van der Waals surface area contributed by atoms with Gasteiger partial charge in [0.05, 0.1) is 23.6 Å². The molecule has 4 heterocycles. The molecule has 40 heavy (non-hydrogen) atoms. The monoisotopic (exact) mass is 546 g/mol. The minimum atomic E-state index is -4.46. The summed E-state index contributed by atoms with van der Waals surface area (Å²) in [7, 11) is 0. The van der Waals surface area contributed by atoms with E-state index in [1.165, 1.54) is 16.8 Å². The molecule has 2 amide bonds. The molecule has 6 rings (SSSR count). The number of benzene rings is 2. The second-order valence-corrected chi connectivity index (χ2v) is 9.86. The van der Waals surface area contributed by atoms with Crippen LogP contribution >= 0.6 is 0 Å². The van der Waals surface area contributed by atoms with Crippen molar-refractivity contribution in [2.24, 2.45) is 0 Å². The first-order valence-corrected chi connectivity index (χ1v) is 12.8. The fraction of sp³-hybridized carbons (Fsp3) is 0.241. The molecule has 0 aliphatic carbocycles. The van der Waals surface area contributed by atoms with Crippen LogP contribution in [0.4, 0.5) is 18.9 Å². The zero-order valence-electron chi connectivity index (χ0n) is 21.3. The lowest BCUT2D eigenvalue weighted by atomic mass is 9.85. The van der Waals surface area contributed by atoms with Gasteiger partial charge in [-0.1, -0.05) is 18.2 Å². The Labute approximate surface area is 228 Å². The quantitative estimate of drug-likeness (QED) is 0.407. The van der Waals surface area contributed by atoms with Crippen LogP contribution in [0.5, 0.6) is 0 Å². The Morgan fingerprint density at radius 1 is 0.900 bits per heavy atom. The number of amides is 2. The van der Waals surface area contributed by atoms with Crippen LogP contribution in [0.25, 0.3) is 16.9 Å². The smallest absolute Gasteiger partial charge is 0.339 e. The molecular weight excluding hydrogens is 521 g/mol. The molecule has 0 atom stereocenters. The van der Waals surface area contributed by atoms with Gasteiger partial charge in [-0.15, -0.1) is 0 Å². The molecule has 0 unspecified atom stereocenters. The lowest BCUT2D eigenvalue weighted by Gasteiger charge is -2.43. The average molecular weight is 547 g/mol. The number of hydrogen-bond donors (Lipinski definition) is 1. The van der Waals surface area contributed by atoms with Crippen LogP contribution in [0.2, 0.25) is 0 Å². The van der Waals surface area contributed by atoms with Crippen LogP contribution in [-0.4, -0.2) is 56.8 Å². The highest BCUT2D eigenvalue weighted by Gasteiger charge is 2.51. The zero-order chi connectivity index (χ0) is 27.9. The molecule has 4 aromatic rings. The van der Waals surface area contributed by atoms with Crippen molar-refractivity contribution in [3.63, 3.8) is 0 Å². The molecule has 2 aromatic carbocycles. The number of rotatable bonds is 4. The molecule has 0 saturated carbocycles. The van der Waals surface area contributed by atoms with Crippen molar-refractivity contribution in [3.8, 4) is 16.9 Å². The van der Waals surface area contributed by atoms with Gasteiger partial charge in [0.15, 0.2) is 5.69 Å². The van der Waals surface area contributed by atoms with Gasteiger partial charge in [0.25, 0.3) is 5.91 Å². The minimum Gasteiger partial charge on any atom is -0.339 e. The number of nitrogens with one attached hydrogen (secondary N) is 1. The predicted octanol–water partition coefficient (Wildman–Crippen LogP) is 4.52. The fourth-order valence-corrected chi connectivity index (χ4v) is 5.48. The van der Waals surface area contributed by atoms with Crippen molar-refractivity contribution < 1.29 is 22.8 Å². The molecule has 1 spiro atoms. The van der Waals surface area contributed by atoms with Crippen LogP contribution in [0.15, 0.2) is 85.2 Å². The third kappa shape index (κ3) is 4.47. The van der Waals surface area contributed by atoms with Crippen LogP contribution in [-0.2, 0) is 11.0 Å². The van der Waals surface area contributed by atoms with Crippen molar-refractivity contribution in [3.05, 3.63) is 96.4 Å². The number of alkyl halides is 3. The SMILES string of the molecule is O=C(c1cc(-c2ccncc2)n(-c2ccc(C(F)(F)F)cc2)n1)N1CCC2(CC1)C(=O)NCN2c1ccccc1. The van der Waals surface area contributed by atoms with E-state index in [-0.39, 0.29) is 17.5 Å². The average Bonchev–Trinajstić information content (AvgIpc) is 3.56. The number of piperidine rings is 1. The summed E-state index contributed by atoms with van der Waals surface area (Å²) < 4.78 is 40.9. The fourth-order valence-electron chi connectivity index (χ4n) is 5.48. The second-order valence-electron chi connectivity index (χ2n) is 9.86. The van der Waals surface area contributed by atoms with Gasteiger partial charge in [-0.25, -0.2) is 4.68 Å². The van der Waals surface area contributed by atoms with Gasteiger partial charge in [0.1, 0.15) is 5.54 Å². The largest absolute Gasteiger partial charge is 0.416 e. The number of para-hydroxylation sites is 1. The van der Waals surface area contributed by atoms with Crippen LogP contribution in [0.3, 0.4) is 0 Å². The van der Waals surface area contributed by atoms with E-state index in [1.54, 1.807) is 35.5 Å². The molecule has 2 aliphatic rings. The number of carbonyl (C=O) groups is 2. The Balaban J connectivity index is 1.27. The number of nitrogens with zero attached hydrogens (tertiary/aromatic N) is 5. The normalized spacial score (nSPS) is 16.8. The zero-order valence-corrected chi connectivity index (χ0v) is 21.3. The summed E-state index contributed by atoms with van der Waals surface area (Å²) in [5, 5.41) is 7.48. The maximum Gasteiger partial charge on any atom is 0.416 e. The van der Waals surface area contributed by atoms with Gasteiger partial charge in [0, 0.05) is 36.7 Å². The Morgan fingerprint density at radius 2 is 1.57 bits per heavy atom. The maximum absolute atomic E-state index is 13.6. The van der Waals surface area contributed by atoms with E-state index in [0.29, 0.717) is 49.5 Å². The number of aromatic nitrogens is 3. The highest BCUT2D eigenvalue weighted by Crippen LogP contribution is 2.37. The second kappa shape index (κ2) is 9.82. The molecule has 2 aliphatic heterocycles. The Kier molecular flexibility index (Phi) is 6.28. The summed E-state index contributed by atoms with van der Waals surface area (Å²) in [6.45, 7) is 1.12. The molecule has 2 aromatic heterocycles. The predicted molar refractivity (Wildman–Crippen MR) is 142 cm³/mol. The summed E-state index contributed by atoms with van der Waals surface area (Å²) in [5.41, 5.74) is 1.24. The van der Waals surface area contributed by atoms with E-state index in [1.807, 2.05) is 30.3 Å². The van der Waals surface area contributed by atoms with Crippen molar-refractivity contribution in [2.75, 3.05) is 24.7 Å². The minimum absolute atomic E-state index is 0.0463. The van der Waals surface area contributed by atoms with Crippen molar-refractivity contribution in [1.82, 2.24) is 25.0 Å². The molecule has 2 saturated heterocycles. The van der Waals surface area contributed by atoms with Gasteiger partial charge in [0.2, 0.25) is 5.91 Å². The van der Waals surface area contributed by atoms with Crippen LogP contribution < -0.4 is 10.2 Å². The topological polar surface area (TPSA) is 83.4 Å². The van der Waals surface area contributed by atoms with E-state index in [0.717, 1.165) is 17.8 Å². The Hall–Kier alpha value is -4.67. The van der Waals surface area contributed by atoms with Crippen molar-refractivity contribution in [1.29, 1.82) is 0 Å². The number of hydrogen-bond acceptors (Lipinski definition) is 5. The number of anilines is 1. The molecule has 0 bridgehead atoms. The van der Waals surface area contributed by atoms with Gasteiger partial charge >= 0.3 is 6.18 Å². The lowest BCUT2D eigenvalue weighted by molar-refractivity contribution is -0.137. The molecule has 0 radical (unpaired) electrons. The van der Waals surface area contributed by atoms with E-state index in [4.69, 9.17) is 0 Å². The summed E-state index contributed by atoms with van der Waals surface area (Å²) in [4.78, 5) is 34.4. The Bertz CT molecular complexity index is 1530. The molecule has 204 valence electrons. The third-order valence-corrected chi connectivity index (χ3v) is 7.63. The first-order chi connectivity index (χ1) is 19.3. The van der Waals surface area contributed by atoms with E-state index in [9.17, 15) is 22.8 Å². The summed E-state index contributed by atoms with van der Waals surface area (Å²) in [6, 6.07) is 19.5. The van der Waals surface area contributed by atoms with Gasteiger partial charge < -0.3 is 15.1 Å². The molecule has 8 nitrogen and oxygen atoms in total. The van der Waals surface area contributed by atoms with Crippen LogP contribution in [0.1, 0.15) is 28.9 Å². The first kappa shape index (κ1) is 25.6. The maximum atomic E-state index is 13.6. The van der Waals surface area contributed by atoms with Crippen LogP contribution in [0, 0.1) is 0 Å². The molecular formula is C29H25F3N6O2. The summed E-state index contributed by atoms with van der Waals surface area (Å²) in [5.74, 6) is -0.351. The van der Waals surface area contributed by atoms with Gasteiger partial charge in [-0.3, -0.25) is 14.6 Å². The summed E-state index contributed by atoms with van der Waals surface area (Å²) >= 11 is 0. The number of likely N-dealkylation sites (tertiary alicyclic amines) is 1. The van der Waals surface area contributed by atoms with E-state index in [2.05, 4.69) is 20.3 Å². The molecule has 11 heteroatoms. The van der Waals surface area contributed by atoms with E-state index < -0.39 is 17.3 Å².